The van der Waals surface area contributed by atoms with Crippen LogP contribution < -0.4 is 15.4 Å². The fourth-order valence-corrected chi connectivity index (χ4v) is 3.23. The van der Waals surface area contributed by atoms with Gasteiger partial charge in [0.15, 0.2) is 5.96 Å². The molecule has 0 aromatic heterocycles. The molecule has 1 unspecified atom stereocenters. The van der Waals surface area contributed by atoms with E-state index in [2.05, 4.69) is 59.6 Å². The number of hydrogen-bond acceptors (Lipinski definition) is 3. The van der Waals surface area contributed by atoms with Gasteiger partial charge in [0.2, 0.25) is 0 Å². The van der Waals surface area contributed by atoms with Crippen LogP contribution in [0.1, 0.15) is 37.3 Å². The number of aliphatic imine (C=N–C) groups is 1. The molecular weight excluding hydrogens is 439 g/mol. The predicted octanol–water partition coefficient (Wildman–Crippen LogP) is 3.41. The van der Waals surface area contributed by atoms with Gasteiger partial charge in [0, 0.05) is 32.2 Å². The van der Waals surface area contributed by atoms with Crippen LogP contribution in [0.4, 0.5) is 0 Å². The first-order valence-electron chi connectivity index (χ1n) is 9.47. The molecule has 0 amide bonds. The first-order valence-corrected chi connectivity index (χ1v) is 9.47. The molecule has 2 N–H and O–H groups in total. The third-order valence-electron chi connectivity index (χ3n) is 4.63. The number of likely N-dealkylation sites (tertiary alicyclic amines) is 1. The molecule has 0 spiro atoms. The summed E-state index contributed by atoms with van der Waals surface area (Å²) in [7, 11) is 4.03. The van der Waals surface area contributed by atoms with Crippen molar-refractivity contribution in [3.63, 3.8) is 0 Å². The predicted molar refractivity (Wildman–Crippen MR) is 121 cm³/mol. The summed E-state index contributed by atoms with van der Waals surface area (Å²) in [6.07, 6.45) is 3.59. The van der Waals surface area contributed by atoms with E-state index in [0.29, 0.717) is 12.5 Å². The third-order valence-corrected chi connectivity index (χ3v) is 4.63. The van der Waals surface area contributed by atoms with Crippen LogP contribution in [0, 0.1) is 12.8 Å². The normalized spacial score (nSPS) is 18.2. The van der Waals surface area contributed by atoms with E-state index in [9.17, 15) is 0 Å². The van der Waals surface area contributed by atoms with Gasteiger partial charge in [-0.15, -0.1) is 24.0 Å². The Labute approximate surface area is 176 Å². The lowest BCUT2D eigenvalue weighted by molar-refractivity contribution is 0.210. The molecule has 6 heteroatoms. The van der Waals surface area contributed by atoms with Gasteiger partial charge < -0.3 is 20.3 Å². The summed E-state index contributed by atoms with van der Waals surface area (Å²) in [4.78, 5) is 6.77. The van der Waals surface area contributed by atoms with E-state index in [1.165, 1.54) is 30.5 Å². The number of aryl methyl sites for hydroxylation is 1. The highest BCUT2D eigenvalue weighted by atomic mass is 127. The van der Waals surface area contributed by atoms with Gasteiger partial charge in [-0.25, -0.2) is 0 Å². The highest BCUT2D eigenvalue weighted by molar-refractivity contribution is 14.0. The Morgan fingerprint density at radius 1 is 1.35 bits per heavy atom. The van der Waals surface area contributed by atoms with E-state index in [4.69, 9.17) is 4.74 Å². The average molecular weight is 474 g/mol. The second kappa shape index (κ2) is 12.4. The van der Waals surface area contributed by atoms with E-state index < -0.39 is 0 Å². The van der Waals surface area contributed by atoms with Crippen LogP contribution in [0.3, 0.4) is 0 Å². The zero-order valence-electron chi connectivity index (χ0n) is 16.7. The number of halogens is 1. The molecule has 0 saturated carbocycles. The lowest BCUT2D eigenvalue weighted by atomic mass is 9.99. The van der Waals surface area contributed by atoms with Gasteiger partial charge in [-0.1, -0.05) is 19.1 Å². The van der Waals surface area contributed by atoms with Gasteiger partial charge in [0.1, 0.15) is 5.75 Å². The maximum Gasteiger partial charge on any atom is 0.191 e. The lowest BCUT2D eigenvalue weighted by Crippen LogP contribution is -2.43. The Balaban J connectivity index is 0.00000338. The number of piperidine rings is 1. The molecule has 0 radical (unpaired) electrons. The van der Waals surface area contributed by atoms with E-state index >= 15 is 0 Å². The Morgan fingerprint density at radius 3 is 2.85 bits per heavy atom. The van der Waals surface area contributed by atoms with Gasteiger partial charge in [0.05, 0.1) is 6.61 Å². The van der Waals surface area contributed by atoms with Gasteiger partial charge in [0.25, 0.3) is 0 Å². The van der Waals surface area contributed by atoms with Crippen LogP contribution in [0.2, 0.25) is 0 Å². The number of nitrogens with zero attached hydrogens (tertiary/aromatic N) is 2. The molecule has 1 aliphatic heterocycles. The summed E-state index contributed by atoms with van der Waals surface area (Å²) in [6, 6.07) is 6.38. The molecule has 0 aliphatic carbocycles. The number of nitrogens with one attached hydrogen (secondary N) is 2. The van der Waals surface area contributed by atoms with E-state index in [-0.39, 0.29) is 24.0 Å². The summed E-state index contributed by atoms with van der Waals surface area (Å²) < 4.78 is 5.89. The third kappa shape index (κ3) is 7.70. The maximum atomic E-state index is 5.89. The van der Waals surface area contributed by atoms with Crippen molar-refractivity contribution >= 4 is 29.9 Å². The minimum Gasteiger partial charge on any atom is -0.493 e. The van der Waals surface area contributed by atoms with Crippen molar-refractivity contribution in [2.75, 3.05) is 40.3 Å². The summed E-state index contributed by atoms with van der Waals surface area (Å²) in [5, 5.41) is 6.89. The highest BCUT2D eigenvalue weighted by Crippen LogP contribution is 2.20. The number of ether oxygens (including phenoxy) is 1. The molecule has 1 aromatic carbocycles. The van der Waals surface area contributed by atoms with E-state index in [0.717, 1.165) is 37.8 Å². The first kappa shape index (κ1) is 23.0. The zero-order valence-corrected chi connectivity index (χ0v) is 19.0. The second-order valence-corrected chi connectivity index (χ2v) is 7.04. The largest absolute Gasteiger partial charge is 0.493 e. The number of hydrogen-bond donors (Lipinski definition) is 2. The molecule has 1 heterocycles. The van der Waals surface area contributed by atoms with Crippen molar-refractivity contribution in [2.24, 2.45) is 10.9 Å². The molecule has 5 nitrogen and oxygen atoms in total. The Bertz CT molecular complexity index is 565. The maximum absolute atomic E-state index is 5.89. The van der Waals surface area contributed by atoms with Crippen LogP contribution in [0.5, 0.6) is 5.75 Å². The van der Waals surface area contributed by atoms with Gasteiger partial charge in [-0.2, -0.15) is 0 Å². The van der Waals surface area contributed by atoms with Gasteiger partial charge in [-0.3, -0.25) is 4.99 Å². The minimum atomic E-state index is 0. The molecule has 1 aliphatic rings. The Kier molecular flexibility index (Phi) is 11.0. The quantitative estimate of drug-likeness (QED) is 0.362. The monoisotopic (exact) mass is 474 g/mol. The molecule has 1 aromatic rings. The summed E-state index contributed by atoms with van der Waals surface area (Å²) >= 11 is 0. The topological polar surface area (TPSA) is 48.9 Å². The number of benzene rings is 1. The molecule has 26 heavy (non-hydrogen) atoms. The summed E-state index contributed by atoms with van der Waals surface area (Å²) in [6.45, 7) is 9.04. The van der Waals surface area contributed by atoms with Crippen molar-refractivity contribution in [1.82, 2.24) is 15.5 Å². The average Bonchev–Trinajstić information content (AvgIpc) is 2.61. The zero-order chi connectivity index (χ0) is 18.1. The van der Waals surface area contributed by atoms with Crippen LogP contribution in [0.25, 0.3) is 0 Å². The van der Waals surface area contributed by atoms with Crippen LogP contribution >= 0.6 is 24.0 Å². The van der Waals surface area contributed by atoms with Crippen molar-refractivity contribution in [2.45, 2.75) is 39.7 Å². The molecule has 148 valence electrons. The van der Waals surface area contributed by atoms with Crippen LogP contribution in [0.15, 0.2) is 23.2 Å². The van der Waals surface area contributed by atoms with Crippen LogP contribution in [-0.4, -0.2) is 51.2 Å². The summed E-state index contributed by atoms with van der Waals surface area (Å²) in [5.41, 5.74) is 2.39. The van der Waals surface area contributed by atoms with Crippen molar-refractivity contribution in [1.29, 1.82) is 0 Å². The fourth-order valence-electron chi connectivity index (χ4n) is 3.23. The molecular formula is C20H35IN4O. The van der Waals surface area contributed by atoms with Crippen molar-refractivity contribution in [3.05, 3.63) is 29.3 Å². The molecule has 0 bridgehead atoms. The number of rotatable bonds is 7. The van der Waals surface area contributed by atoms with Crippen molar-refractivity contribution in [3.8, 4) is 5.75 Å². The molecule has 2 rings (SSSR count). The molecule has 1 fully saturated rings. The lowest BCUT2D eigenvalue weighted by Gasteiger charge is -2.30. The number of guanidine groups is 1. The van der Waals surface area contributed by atoms with E-state index in [1.807, 2.05) is 7.05 Å². The standard InChI is InChI=1S/C20H34N4O.HI/c1-5-11-25-19-12-16(2)8-9-18(19)14-23-20(21-3)22-13-17-7-6-10-24(4)15-17;/h8-9,12,17H,5-7,10-11,13-15H2,1-4H3,(H2,21,22,23);1H. The molecule has 1 atom stereocenters. The molecule has 1 saturated heterocycles. The van der Waals surface area contributed by atoms with E-state index in [1.54, 1.807) is 0 Å². The second-order valence-electron chi connectivity index (χ2n) is 7.04. The first-order chi connectivity index (χ1) is 12.1. The minimum absolute atomic E-state index is 0. The van der Waals surface area contributed by atoms with Gasteiger partial charge >= 0.3 is 0 Å². The smallest absolute Gasteiger partial charge is 0.191 e. The van der Waals surface area contributed by atoms with Crippen molar-refractivity contribution < 1.29 is 4.74 Å². The Hall–Kier alpha value is -1.02. The van der Waals surface area contributed by atoms with Gasteiger partial charge in [-0.05, 0) is 57.3 Å². The fraction of sp³-hybridized carbons (Fsp3) is 0.650. The SMILES string of the molecule is CCCOc1cc(C)ccc1CNC(=NC)NCC1CCCN(C)C1.I. The summed E-state index contributed by atoms with van der Waals surface area (Å²) in [5.74, 6) is 2.52. The van der Waals surface area contributed by atoms with Crippen LogP contribution in [-0.2, 0) is 6.54 Å². The Morgan fingerprint density at radius 2 is 2.15 bits per heavy atom. The highest BCUT2D eigenvalue weighted by Gasteiger charge is 2.17.